The molecule has 0 aromatic carbocycles. The maximum atomic E-state index is 12.3. The van der Waals surface area contributed by atoms with Crippen molar-refractivity contribution in [3.8, 4) is 0 Å². The molecule has 1 N–H and O–H groups in total. The van der Waals surface area contributed by atoms with Gasteiger partial charge in [-0.1, -0.05) is 6.92 Å². The highest BCUT2D eigenvalue weighted by molar-refractivity contribution is 7.92. The van der Waals surface area contributed by atoms with Crippen molar-refractivity contribution in [1.29, 1.82) is 0 Å². The van der Waals surface area contributed by atoms with Crippen LogP contribution < -0.4 is 0 Å². The van der Waals surface area contributed by atoms with Crippen LogP contribution in [0.4, 0.5) is 0 Å². The predicted molar refractivity (Wildman–Crippen MR) is 74.6 cm³/mol. The molecule has 1 rings (SSSR count). The van der Waals surface area contributed by atoms with Crippen molar-refractivity contribution >= 4 is 25.8 Å². The molecule has 0 bridgehead atoms. The fraction of sp³-hybridized carbons (Fsp3) is 0.909. The van der Waals surface area contributed by atoms with Crippen molar-refractivity contribution in [3.63, 3.8) is 0 Å². The van der Waals surface area contributed by atoms with E-state index in [0.29, 0.717) is 0 Å². The van der Waals surface area contributed by atoms with Gasteiger partial charge in [-0.3, -0.25) is 4.79 Å². The quantitative estimate of drug-likeness (QED) is 0.732. The highest BCUT2D eigenvalue weighted by atomic mass is 32.2. The summed E-state index contributed by atoms with van der Waals surface area (Å²) in [5, 5.41) is 9.03. The first-order valence-electron chi connectivity index (χ1n) is 6.34. The lowest BCUT2D eigenvalue weighted by atomic mass is 9.97. The molecule has 9 heteroatoms. The van der Waals surface area contributed by atoms with E-state index >= 15 is 0 Å². The molecule has 1 aliphatic rings. The smallest absolute Gasteiger partial charge is 0.310 e. The number of hydrogen-bond acceptors (Lipinski definition) is 5. The minimum atomic E-state index is -3.82. The van der Waals surface area contributed by atoms with Gasteiger partial charge in [0.1, 0.15) is 0 Å². The van der Waals surface area contributed by atoms with Crippen LogP contribution in [-0.2, 0) is 24.7 Å². The van der Waals surface area contributed by atoms with Crippen LogP contribution in [0.15, 0.2) is 0 Å². The maximum Gasteiger partial charge on any atom is 0.310 e. The van der Waals surface area contributed by atoms with E-state index in [1.807, 2.05) is 0 Å². The molecule has 0 aromatic rings. The number of carboxylic acids is 1. The third kappa shape index (κ3) is 3.92. The van der Waals surface area contributed by atoms with Crippen LogP contribution in [0.25, 0.3) is 0 Å². The van der Waals surface area contributed by atoms with Crippen molar-refractivity contribution in [2.24, 2.45) is 5.41 Å². The van der Waals surface area contributed by atoms with Crippen molar-refractivity contribution in [3.05, 3.63) is 0 Å². The summed E-state index contributed by atoms with van der Waals surface area (Å²) in [7, 11) is -7.01. The molecule has 1 aliphatic heterocycles. The van der Waals surface area contributed by atoms with Gasteiger partial charge in [0, 0.05) is 12.6 Å². The second-order valence-corrected chi connectivity index (χ2v) is 9.86. The summed E-state index contributed by atoms with van der Waals surface area (Å²) in [6.45, 7) is 4.44. The first-order chi connectivity index (χ1) is 8.91. The number of sulfonamides is 1. The number of nitrogens with zero attached hydrogens (tertiary/aromatic N) is 1. The van der Waals surface area contributed by atoms with Gasteiger partial charge in [0.15, 0.2) is 9.84 Å². The van der Waals surface area contributed by atoms with E-state index in [-0.39, 0.29) is 24.5 Å². The number of carbonyl (C=O) groups is 1. The summed E-state index contributed by atoms with van der Waals surface area (Å²) in [6, 6.07) is -0.584. The molecule has 0 saturated carbocycles. The van der Waals surface area contributed by atoms with Crippen molar-refractivity contribution in [1.82, 2.24) is 4.31 Å². The molecule has 0 amide bonds. The molecule has 7 nitrogen and oxygen atoms in total. The van der Waals surface area contributed by atoms with E-state index in [4.69, 9.17) is 5.11 Å². The molecule has 0 spiro atoms. The molecule has 1 heterocycles. The Morgan fingerprint density at radius 2 is 1.95 bits per heavy atom. The van der Waals surface area contributed by atoms with Gasteiger partial charge in [0.2, 0.25) is 10.0 Å². The Kier molecular flexibility index (Phi) is 4.87. The summed E-state index contributed by atoms with van der Waals surface area (Å²) in [4.78, 5) is 11.1. The van der Waals surface area contributed by atoms with Gasteiger partial charge in [0.05, 0.1) is 22.7 Å². The summed E-state index contributed by atoms with van der Waals surface area (Å²) in [5.41, 5.74) is -1.41. The van der Waals surface area contributed by atoms with Crippen LogP contribution in [-0.4, -0.2) is 62.1 Å². The number of aliphatic carboxylic acids is 1. The van der Waals surface area contributed by atoms with Gasteiger partial charge in [0.25, 0.3) is 0 Å². The lowest BCUT2D eigenvalue weighted by molar-refractivity contribution is -0.145. The van der Waals surface area contributed by atoms with Crippen LogP contribution >= 0.6 is 0 Å². The molecule has 0 radical (unpaired) electrons. The first-order valence-corrected chi connectivity index (χ1v) is 9.78. The van der Waals surface area contributed by atoms with Crippen molar-refractivity contribution < 1.29 is 26.7 Å². The zero-order chi connectivity index (χ0) is 15.8. The zero-order valence-electron chi connectivity index (χ0n) is 11.9. The van der Waals surface area contributed by atoms with Gasteiger partial charge >= 0.3 is 5.97 Å². The lowest BCUT2D eigenvalue weighted by Crippen LogP contribution is -2.46. The Labute approximate surface area is 119 Å². The fourth-order valence-electron chi connectivity index (χ4n) is 2.29. The molecular formula is C11H21NO6S2. The van der Waals surface area contributed by atoms with Crippen LogP contribution in [0.2, 0.25) is 0 Å². The van der Waals surface area contributed by atoms with Gasteiger partial charge in [-0.05, 0) is 20.3 Å². The van der Waals surface area contributed by atoms with E-state index in [1.165, 1.54) is 13.8 Å². The maximum absolute atomic E-state index is 12.3. The molecule has 20 heavy (non-hydrogen) atoms. The molecule has 1 saturated heterocycles. The Morgan fingerprint density at radius 1 is 1.40 bits per heavy atom. The standard InChI is InChI=1S/C11H21NO6S2/c1-4-12(9-5-6-19(15,16)7-9)20(17,18)8-11(2,3)10(13)14/h9H,4-8H2,1-3H3,(H,13,14). The lowest BCUT2D eigenvalue weighted by Gasteiger charge is -2.29. The Hall–Kier alpha value is -0.670. The van der Waals surface area contributed by atoms with E-state index in [1.54, 1.807) is 6.92 Å². The van der Waals surface area contributed by atoms with E-state index in [2.05, 4.69) is 0 Å². The second kappa shape index (κ2) is 5.61. The number of hydrogen-bond donors (Lipinski definition) is 1. The number of carboxylic acid groups (broad SMARTS) is 1. The summed E-state index contributed by atoms with van der Waals surface area (Å²) >= 11 is 0. The molecular weight excluding hydrogens is 306 g/mol. The van der Waals surface area contributed by atoms with Crippen LogP contribution in [0.3, 0.4) is 0 Å². The first kappa shape index (κ1) is 17.4. The predicted octanol–water partition coefficient (Wildman–Crippen LogP) is -0.0640. The number of rotatable bonds is 6. The average Bonchev–Trinajstić information content (AvgIpc) is 2.57. The highest BCUT2D eigenvalue weighted by Crippen LogP contribution is 2.25. The molecule has 0 aliphatic carbocycles. The summed E-state index contributed by atoms with van der Waals surface area (Å²) in [6.07, 6.45) is 0.267. The Balaban J connectivity index is 2.97. The van der Waals surface area contributed by atoms with E-state index in [0.717, 1.165) is 4.31 Å². The minimum Gasteiger partial charge on any atom is -0.481 e. The van der Waals surface area contributed by atoms with Crippen LogP contribution in [0, 0.1) is 5.41 Å². The fourth-order valence-corrected chi connectivity index (χ4v) is 6.34. The third-order valence-electron chi connectivity index (χ3n) is 3.41. The largest absolute Gasteiger partial charge is 0.481 e. The van der Waals surface area contributed by atoms with Gasteiger partial charge in [-0.15, -0.1) is 0 Å². The average molecular weight is 327 g/mol. The van der Waals surface area contributed by atoms with Crippen LogP contribution in [0.5, 0.6) is 0 Å². The summed E-state index contributed by atoms with van der Waals surface area (Å²) < 4.78 is 48.8. The highest BCUT2D eigenvalue weighted by Gasteiger charge is 2.41. The topological polar surface area (TPSA) is 109 Å². The molecule has 1 unspecified atom stereocenters. The van der Waals surface area contributed by atoms with Gasteiger partial charge in [-0.2, -0.15) is 4.31 Å². The van der Waals surface area contributed by atoms with Gasteiger partial charge in [-0.25, -0.2) is 16.8 Å². The zero-order valence-corrected chi connectivity index (χ0v) is 13.5. The minimum absolute atomic E-state index is 0.0218. The normalized spacial score (nSPS) is 23.1. The van der Waals surface area contributed by atoms with E-state index in [9.17, 15) is 21.6 Å². The monoisotopic (exact) mass is 327 g/mol. The van der Waals surface area contributed by atoms with Crippen molar-refractivity contribution in [2.45, 2.75) is 33.2 Å². The summed E-state index contributed by atoms with van der Waals surface area (Å²) in [5.74, 6) is -1.95. The van der Waals surface area contributed by atoms with Gasteiger partial charge < -0.3 is 5.11 Å². The molecule has 1 atom stereocenters. The number of sulfone groups is 1. The SMILES string of the molecule is CCN(C1CCS(=O)(=O)C1)S(=O)(=O)CC(C)(C)C(=O)O. The van der Waals surface area contributed by atoms with Crippen LogP contribution in [0.1, 0.15) is 27.2 Å². The Bertz CT molecular complexity index is 578. The molecule has 118 valence electrons. The van der Waals surface area contributed by atoms with Crippen molar-refractivity contribution in [2.75, 3.05) is 23.8 Å². The molecule has 0 aromatic heterocycles. The second-order valence-electron chi connectivity index (χ2n) is 5.71. The van der Waals surface area contributed by atoms with E-state index < -0.39 is 43.0 Å². The Morgan fingerprint density at radius 3 is 2.30 bits per heavy atom. The molecule has 1 fully saturated rings. The third-order valence-corrected chi connectivity index (χ3v) is 7.51.